The number of hydrazine groups is 1. The van der Waals surface area contributed by atoms with Crippen molar-refractivity contribution in [1.82, 2.24) is 5.43 Å². The summed E-state index contributed by atoms with van der Waals surface area (Å²) in [5.74, 6) is 0.938. The predicted octanol–water partition coefficient (Wildman–Crippen LogP) is 4.75. The van der Waals surface area contributed by atoms with Crippen LogP contribution in [0, 0.1) is 0 Å². The first kappa shape index (κ1) is 16.8. The van der Waals surface area contributed by atoms with Crippen LogP contribution >= 0.6 is 0 Å². The Balaban J connectivity index is 2.04. The molecule has 0 saturated heterocycles. The largest absolute Gasteiger partial charge is 0.494 e. The quantitative estimate of drug-likeness (QED) is 0.427. The van der Waals surface area contributed by atoms with Crippen LogP contribution < -0.4 is 15.6 Å². The molecule has 0 spiro atoms. The highest BCUT2D eigenvalue weighted by Gasteiger charge is 1.95. The van der Waals surface area contributed by atoms with Crippen molar-refractivity contribution in [1.29, 1.82) is 0 Å². The van der Waals surface area contributed by atoms with Crippen molar-refractivity contribution >= 4 is 5.69 Å². The van der Waals surface area contributed by atoms with Crippen LogP contribution in [0.1, 0.15) is 58.8 Å². The molecule has 0 aliphatic carbocycles. The summed E-state index contributed by atoms with van der Waals surface area (Å²) in [5, 5.41) is 0. The molecule has 0 aliphatic heterocycles. The van der Waals surface area contributed by atoms with Gasteiger partial charge >= 0.3 is 0 Å². The lowest BCUT2D eigenvalue weighted by molar-refractivity contribution is 0.317. The number of anilines is 1. The van der Waals surface area contributed by atoms with Gasteiger partial charge in [-0.05, 0) is 37.1 Å². The van der Waals surface area contributed by atoms with Crippen molar-refractivity contribution < 1.29 is 4.74 Å². The standard InChI is InChI=1S/C17H30N2O/c1-3-5-6-7-8-9-14-18-19-16-10-12-17(13-11-16)20-15-4-2/h10-13,18-19H,3-9,14-15H2,1-2H3. The number of nitrogens with one attached hydrogen (secondary N) is 2. The predicted molar refractivity (Wildman–Crippen MR) is 87.2 cm³/mol. The van der Waals surface area contributed by atoms with Crippen LogP contribution in [-0.4, -0.2) is 13.2 Å². The van der Waals surface area contributed by atoms with Gasteiger partial charge in [0.1, 0.15) is 5.75 Å². The highest BCUT2D eigenvalue weighted by atomic mass is 16.5. The number of hydrogen-bond donors (Lipinski definition) is 2. The third-order valence-electron chi connectivity index (χ3n) is 3.22. The van der Waals surface area contributed by atoms with Crippen molar-refractivity contribution in [3.8, 4) is 5.75 Å². The van der Waals surface area contributed by atoms with Gasteiger partial charge in [-0.3, -0.25) is 0 Å². The molecule has 20 heavy (non-hydrogen) atoms. The van der Waals surface area contributed by atoms with Crippen molar-refractivity contribution in [2.45, 2.75) is 58.8 Å². The maximum atomic E-state index is 5.55. The Morgan fingerprint density at radius 1 is 0.850 bits per heavy atom. The molecule has 3 heteroatoms. The molecule has 0 radical (unpaired) electrons. The van der Waals surface area contributed by atoms with E-state index in [1.807, 2.05) is 24.3 Å². The number of unbranched alkanes of at least 4 members (excludes halogenated alkanes) is 5. The maximum absolute atomic E-state index is 5.55. The second-order valence-electron chi connectivity index (χ2n) is 5.19. The summed E-state index contributed by atoms with van der Waals surface area (Å²) in [6, 6.07) is 8.09. The zero-order chi connectivity index (χ0) is 14.5. The van der Waals surface area contributed by atoms with E-state index in [0.29, 0.717) is 0 Å². The minimum Gasteiger partial charge on any atom is -0.494 e. The molecular formula is C17H30N2O. The Kier molecular flexibility index (Phi) is 9.76. The highest BCUT2D eigenvalue weighted by Crippen LogP contribution is 2.15. The van der Waals surface area contributed by atoms with Gasteiger partial charge in [-0.15, -0.1) is 0 Å². The molecule has 0 aliphatic rings. The second kappa shape index (κ2) is 11.6. The SMILES string of the molecule is CCCCCCCCNNc1ccc(OCCC)cc1. The van der Waals surface area contributed by atoms with Crippen LogP contribution in [-0.2, 0) is 0 Å². The smallest absolute Gasteiger partial charge is 0.119 e. The van der Waals surface area contributed by atoms with Crippen LogP contribution in [0.3, 0.4) is 0 Å². The van der Waals surface area contributed by atoms with E-state index in [1.54, 1.807) is 0 Å². The Morgan fingerprint density at radius 2 is 1.55 bits per heavy atom. The zero-order valence-electron chi connectivity index (χ0n) is 13.1. The topological polar surface area (TPSA) is 33.3 Å². The van der Waals surface area contributed by atoms with E-state index >= 15 is 0 Å². The summed E-state index contributed by atoms with van der Waals surface area (Å²) in [7, 11) is 0. The number of benzene rings is 1. The van der Waals surface area contributed by atoms with Gasteiger partial charge in [0.25, 0.3) is 0 Å². The van der Waals surface area contributed by atoms with Crippen LogP contribution in [0.5, 0.6) is 5.75 Å². The Morgan fingerprint density at radius 3 is 2.25 bits per heavy atom. The van der Waals surface area contributed by atoms with Gasteiger partial charge in [-0.25, -0.2) is 5.43 Å². The molecule has 3 nitrogen and oxygen atoms in total. The summed E-state index contributed by atoms with van der Waals surface area (Å²) >= 11 is 0. The lowest BCUT2D eigenvalue weighted by Gasteiger charge is -2.09. The summed E-state index contributed by atoms with van der Waals surface area (Å²) in [5.41, 5.74) is 7.57. The van der Waals surface area contributed by atoms with Gasteiger partial charge in [0.15, 0.2) is 0 Å². The number of rotatable bonds is 12. The van der Waals surface area contributed by atoms with Crippen molar-refractivity contribution in [2.24, 2.45) is 0 Å². The van der Waals surface area contributed by atoms with Crippen molar-refractivity contribution in [2.75, 3.05) is 18.6 Å². The molecular weight excluding hydrogens is 248 g/mol. The summed E-state index contributed by atoms with van der Waals surface area (Å²) in [4.78, 5) is 0. The van der Waals surface area contributed by atoms with Crippen molar-refractivity contribution in [3.63, 3.8) is 0 Å². The third kappa shape index (κ3) is 8.05. The Labute approximate surface area is 124 Å². The molecule has 2 N–H and O–H groups in total. The number of ether oxygens (including phenoxy) is 1. The molecule has 0 amide bonds. The molecule has 1 rings (SSSR count). The summed E-state index contributed by atoms with van der Waals surface area (Å²) < 4.78 is 5.55. The average molecular weight is 278 g/mol. The lowest BCUT2D eigenvalue weighted by atomic mass is 10.1. The average Bonchev–Trinajstić information content (AvgIpc) is 2.49. The van der Waals surface area contributed by atoms with E-state index in [1.165, 1.54) is 38.5 Å². The first-order chi connectivity index (χ1) is 9.86. The minimum atomic E-state index is 0.781. The van der Waals surface area contributed by atoms with Gasteiger partial charge in [0, 0.05) is 12.2 Å². The van der Waals surface area contributed by atoms with Gasteiger partial charge < -0.3 is 10.2 Å². The third-order valence-corrected chi connectivity index (χ3v) is 3.22. The van der Waals surface area contributed by atoms with Crippen molar-refractivity contribution in [3.05, 3.63) is 24.3 Å². The molecule has 0 heterocycles. The molecule has 0 unspecified atom stereocenters. The van der Waals surface area contributed by atoms with Crippen LogP contribution in [0.4, 0.5) is 5.69 Å². The van der Waals surface area contributed by atoms with E-state index in [2.05, 4.69) is 24.7 Å². The molecule has 0 saturated carbocycles. The monoisotopic (exact) mass is 278 g/mol. The van der Waals surface area contributed by atoms with Gasteiger partial charge in [-0.2, -0.15) is 0 Å². The fourth-order valence-electron chi connectivity index (χ4n) is 2.01. The molecule has 0 aromatic heterocycles. The highest BCUT2D eigenvalue weighted by molar-refractivity contribution is 5.45. The summed E-state index contributed by atoms with van der Waals surface area (Å²) in [6.45, 7) is 6.16. The second-order valence-corrected chi connectivity index (χ2v) is 5.19. The fraction of sp³-hybridized carbons (Fsp3) is 0.647. The molecule has 1 aromatic rings. The van der Waals surface area contributed by atoms with E-state index < -0.39 is 0 Å². The molecule has 0 atom stereocenters. The van der Waals surface area contributed by atoms with E-state index in [9.17, 15) is 0 Å². The zero-order valence-corrected chi connectivity index (χ0v) is 13.1. The van der Waals surface area contributed by atoms with Gasteiger partial charge in [0.2, 0.25) is 0 Å². The first-order valence-electron chi connectivity index (χ1n) is 8.08. The van der Waals surface area contributed by atoms with Gasteiger partial charge in [0.05, 0.1) is 6.61 Å². The minimum absolute atomic E-state index is 0.781. The number of hydrogen-bond acceptors (Lipinski definition) is 3. The van der Waals surface area contributed by atoms with Crippen LogP contribution in [0.15, 0.2) is 24.3 Å². The van der Waals surface area contributed by atoms with E-state index in [-0.39, 0.29) is 0 Å². The fourth-order valence-corrected chi connectivity index (χ4v) is 2.01. The van der Waals surface area contributed by atoms with E-state index in [4.69, 9.17) is 4.74 Å². The maximum Gasteiger partial charge on any atom is 0.119 e. The normalized spacial score (nSPS) is 10.5. The Bertz CT molecular complexity index is 324. The first-order valence-corrected chi connectivity index (χ1v) is 8.08. The van der Waals surface area contributed by atoms with Crippen LogP contribution in [0.25, 0.3) is 0 Å². The molecule has 0 bridgehead atoms. The van der Waals surface area contributed by atoms with Crippen LogP contribution in [0.2, 0.25) is 0 Å². The van der Waals surface area contributed by atoms with E-state index in [0.717, 1.165) is 31.0 Å². The van der Waals surface area contributed by atoms with Gasteiger partial charge in [-0.1, -0.05) is 46.0 Å². The summed E-state index contributed by atoms with van der Waals surface area (Å²) in [6.07, 6.45) is 9.02. The molecule has 0 fully saturated rings. The molecule has 1 aromatic carbocycles. The lowest BCUT2D eigenvalue weighted by Crippen LogP contribution is -2.22. The Hall–Kier alpha value is -1.22. The molecule has 114 valence electrons.